The van der Waals surface area contributed by atoms with Crippen LogP contribution in [-0.4, -0.2) is 54.2 Å². The van der Waals surface area contributed by atoms with Crippen LogP contribution in [0.2, 0.25) is 0 Å². The van der Waals surface area contributed by atoms with Crippen molar-refractivity contribution in [2.24, 2.45) is 0 Å². The second-order valence-electron chi connectivity index (χ2n) is 8.96. The summed E-state index contributed by atoms with van der Waals surface area (Å²) in [4.78, 5) is 2.42. The maximum Gasteiger partial charge on any atom is 0.573 e. The van der Waals surface area contributed by atoms with E-state index in [4.69, 9.17) is 0 Å². The third kappa shape index (κ3) is 5.11. The topological polar surface area (TPSA) is 44.7 Å². The first-order valence-electron chi connectivity index (χ1n) is 11.4. The van der Waals surface area contributed by atoms with E-state index in [1.54, 1.807) is 12.1 Å². The van der Waals surface area contributed by atoms with Crippen molar-refractivity contribution in [3.8, 4) is 16.9 Å². The van der Waals surface area contributed by atoms with Gasteiger partial charge in [0, 0.05) is 38.1 Å². The highest BCUT2D eigenvalue weighted by atomic mass is 19.4. The monoisotopic (exact) mass is 448 g/mol. The molecule has 32 heavy (non-hydrogen) atoms. The fraction of sp³-hybridized carbons (Fsp3) is 0.520. The molecule has 3 atom stereocenters. The predicted molar refractivity (Wildman–Crippen MR) is 119 cm³/mol. The van der Waals surface area contributed by atoms with Crippen molar-refractivity contribution in [3.63, 3.8) is 0 Å². The number of benzene rings is 2. The van der Waals surface area contributed by atoms with Crippen molar-refractivity contribution in [2.75, 3.05) is 26.2 Å². The molecule has 4 nitrogen and oxygen atoms in total. The molecule has 1 aliphatic carbocycles. The molecule has 1 saturated carbocycles. The van der Waals surface area contributed by atoms with E-state index in [0.717, 1.165) is 63.0 Å². The number of nitrogens with one attached hydrogen (secondary N) is 1. The van der Waals surface area contributed by atoms with Crippen molar-refractivity contribution < 1.29 is 23.0 Å². The minimum Gasteiger partial charge on any atom is -0.406 e. The average molecular weight is 449 g/mol. The largest absolute Gasteiger partial charge is 0.573 e. The predicted octanol–water partition coefficient (Wildman–Crippen LogP) is 4.93. The molecule has 1 saturated heterocycles. The van der Waals surface area contributed by atoms with Crippen LogP contribution in [0.1, 0.15) is 44.1 Å². The standard InChI is InChI=1S/C25H31F3N2O2/c1-18(24(31)11-3-2-10-23(24)30-14-12-29-13-15-30)19-6-4-7-20(16-19)21-8-5-9-22(17-21)32-25(26,27)28/h4-9,16-18,23,29,31H,2-3,10-15H2,1H3. The van der Waals surface area contributed by atoms with Crippen LogP contribution in [0.5, 0.6) is 5.75 Å². The van der Waals surface area contributed by atoms with Gasteiger partial charge in [-0.3, -0.25) is 4.90 Å². The van der Waals surface area contributed by atoms with Gasteiger partial charge in [0.05, 0.1) is 5.60 Å². The zero-order chi connectivity index (χ0) is 22.8. The molecule has 2 aromatic rings. The minimum atomic E-state index is -4.72. The molecular weight excluding hydrogens is 417 g/mol. The first kappa shape index (κ1) is 23.1. The maximum atomic E-state index is 12.6. The van der Waals surface area contributed by atoms with Crippen LogP contribution in [0, 0.1) is 0 Å². The van der Waals surface area contributed by atoms with E-state index in [9.17, 15) is 18.3 Å². The van der Waals surface area contributed by atoms with Crippen molar-refractivity contribution >= 4 is 0 Å². The Balaban J connectivity index is 1.60. The third-order valence-corrected chi connectivity index (χ3v) is 7.01. The summed E-state index contributed by atoms with van der Waals surface area (Å²) >= 11 is 0. The lowest BCUT2D eigenvalue weighted by atomic mass is 9.69. The van der Waals surface area contributed by atoms with Crippen LogP contribution >= 0.6 is 0 Å². The molecule has 0 spiro atoms. The summed E-state index contributed by atoms with van der Waals surface area (Å²) in [5, 5.41) is 15.3. The molecular formula is C25H31F3N2O2. The van der Waals surface area contributed by atoms with Crippen LogP contribution < -0.4 is 10.1 Å². The Labute approximate surface area is 187 Å². The first-order valence-corrected chi connectivity index (χ1v) is 11.4. The van der Waals surface area contributed by atoms with Crippen LogP contribution in [0.25, 0.3) is 11.1 Å². The lowest BCUT2D eigenvalue weighted by molar-refractivity contribution is -0.274. The second-order valence-corrected chi connectivity index (χ2v) is 8.96. The quantitative estimate of drug-likeness (QED) is 0.681. The summed E-state index contributed by atoms with van der Waals surface area (Å²) in [6.07, 6.45) is -0.868. The highest BCUT2D eigenvalue weighted by Crippen LogP contribution is 2.43. The molecule has 4 rings (SSSR count). The zero-order valence-corrected chi connectivity index (χ0v) is 18.4. The van der Waals surface area contributed by atoms with Crippen molar-refractivity contribution in [1.82, 2.24) is 10.2 Å². The lowest BCUT2D eigenvalue weighted by Gasteiger charge is -2.50. The molecule has 174 valence electrons. The Morgan fingerprint density at radius 1 is 1.06 bits per heavy atom. The molecule has 3 unspecified atom stereocenters. The van der Waals surface area contributed by atoms with Gasteiger partial charge in [-0.15, -0.1) is 13.2 Å². The van der Waals surface area contributed by atoms with Crippen LogP contribution in [0.4, 0.5) is 13.2 Å². The van der Waals surface area contributed by atoms with Gasteiger partial charge in [0.1, 0.15) is 5.75 Å². The van der Waals surface area contributed by atoms with Crippen LogP contribution in [0.3, 0.4) is 0 Å². The van der Waals surface area contributed by atoms with Gasteiger partial charge in [0.2, 0.25) is 0 Å². The summed E-state index contributed by atoms with van der Waals surface area (Å²) < 4.78 is 42.0. The Kier molecular flexibility index (Phi) is 6.79. The number of rotatable bonds is 5. The van der Waals surface area contributed by atoms with E-state index in [1.165, 1.54) is 12.1 Å². The summed E-state index contributed by atoms with van der Waals surface area (Å²) in [5.74, 6) is -0.338. The van der Waals surface area contributed by atoms with E-state index < -0.39 is 12.0 Å². The van der Waals surface area contributed by atoms with Gasteiger partial charge in [-0.2, -0.15) is 0 Å². The van der Waals surface area contributed by atoms with Crippen molar-refractivity contribution in [2.45, 2.75) is 56.5 Å². The second kappa shape index (κ2) is 9.41. The summed E-state index contributed by atoms with van der Waals surface area (Å²) in [5.41, 5.74) is 1.61. The molecule has 2 fully saturated rings. The SMILES string of the molecule is CC(c1cccc(-c2cccc(OC(F)(F)F)c2)c1)C1(O)CCCCC1N1CCNCC1. The van der Waals surface area contributed by atoms with Gasteiger partial charge in [0.15, 0.2) is 0 Å². The maximum absolute atomic E-state index is 12.6. The molecule has 2 N–H and O–H groups in total. The van der Waals surface area contributed by atoms with Crippen LogP contribution in [0.15, 0.2) is 48.5 Å². The first-order chi connectivity index (χ1) is 15.3. The van der Waals surface area contributed by atoms with Gasteiger partial charge in [-0.1, -0.05) is 56.2 Å². The zero-order valence-electron chi connectivity index (χ0n) is 18.4. The minimum absolute atomic E-state index is 0.0998. The van der Waals surface area contributed by atoms with Crippen molar-refractivity contribution in [3.05, 3.63) is 54.1 Å². The Morgan fingerprint density at radius 3 is 2.47 bits per heavy atom. The number of ether oxygens (including phenoxy) is 1. The number of hydrogen-bond acceptors (Lipinski definition) is 4. The number of alkyl halides is 3. The molecule has 0 bridgehead atoms. The average Bonchev–Trinajstić information content (AvgIpc) is 2.78. The van der Waals surface area contributed by atoms with Gasteiger partial charge < -0.3 is 15.2 Å². The number of halogens is 3. The van der Waals surface area contributed by atoms with Crippen LogP contribution in [-0.2, 0) is 0 Å². The molecule has 2 aromatic carbocycles. The van der Waals surface area contributed by atoms with Gasteiger partial charge in [-0.05, 0) is 41.7 Å². The molecule has 1 heterocycles. The molecule has 0 radical (unpaired) electrons. The van der Waals surface area contributed by atoms with E-state index in [2.05, 4.69) is 21.9 Å². The van der Waals surface area contributed by atoms with E-state index in [-0.39, 0.29) is 17.7 Å². The Bertz CT molecular complexity index is 914. The van der Waals surface area contributed by atoms with Gasteiger partial charge in [-0.25, -0.2) is 0 Å². The third-order valence-electron chi connectivity index (χ3n) is 7.01. The fourth-order valence-corrected chi connectivity index (χ4v) is 5.31. The highest BCUT2D eigenvalue weighted by molar-refractivity contribution is 5.66. The van der Waals surface area contributed by atoms with E-state index >= 15 is 0 Å². The number of nitrogens with zero attached hydrogens (tertiary/aromatic N) is 1. The lowest BCUT2D eigenvalue weighted by Crippen LogP contribution is -2.60. The molecule has 0 aromatic heterocycles. The van der Waals surface area contributed by atoms with Crippen molar-refractivity contribution in [1.29, 1.82) is 0 Å². The molecule has 0 amide bonds. The Hall–Kier alpha value is -2.09. The number of piperazine rings is 1. The van der Waals surface area contributed by atoms with Gasteiger partial charge in [0.25, 0.3) is 0 Å². The molecule has 7 heteroatoms. The fourth-order valence-electron chi connectivity index (χ4n) is 5.31. The molecule has 2 aliphatic rings. The van der Waals surface area contributed by atoms with E-state index in [1.807, 2.05) is 24.3 Å². The summed E-state index contributed by atoms with van der Waals surface area (Å²) in [7, 11) is 0. The number of hydrogen-bond donors (Lipinski definition) is 2. The Morgan fingerprint density at radius 2 is 1.75 bits per heavy atom. The smallest absolute Gasteiger partial charge is 0.406 e. The van der Waals surface area contributed by atoms with Gasteiger partial charge >= 0.3 is 6.36 Å². The molecule has 1 aliphatic heterocycles. The summed E-state index contributed by atoms with van der Waals surface area (Å²) in [6.45, 7) is 5.82. The normalized spacial score (nSPS) is 26.0. The summed E-state index contributed by atoms with van der Waals surface area (Å²) in [6, 6.07) is 13.9. The number of aliphatic hydroxyl groups is 1. The highest BCUT2D eigenvalue weighted by Gasteiger charge is 2.46. The van der Waals surface area contributed by atoms with E-state index in [0.29, 0.717) is 5.56 Å².